The van der Waals surface area contributed by atoms with Crippen LogP contribution >= 0.6 is 22.9 Å². The molecular weight excluding hydrogens is 438 g/mol. The summed E-state index contributed by atoms with van der Waals surface area (Å²) >= 11 is 7.51. The molecule has 0 aliphatic carbocycles. The van der Waals surface area contributed by atoms with E-state index in [0.717, 1.165) is 16.1 Å². The predicted molar refractivity (Wildman–Crippen MR) is 120 cm³/mol. The monoisotopic (exact) mass is 457 g/mol. The van der Waals surface area contributed by atoms with Crippen molar-refractivity contribution < 1.29 is 19.4 Å². The molecule has 0 bridgehead atoms. The number of carbonyl (C=O) groups is 1. The Bertz CT molecular complexity index is 1240. The van der Waals surface area contributed by atoms with Gasteiger partial charge in [-0.1, -0.05) is 29.8 Å². The number of imidazole rings is 1. The third-order valence-electron chi connectivity index (χ3n) is 4.66. The highest BCUT2D eigenvalue weighted by Crippen LogP contribution is 2.39. The number of fused-ring (bicyclic) bond motifs is 1. The van der Waals surface area contributed by atoms with Crippen molar-refractivity contribution in [2.24, 2.45) is 5.73 Å². The molecule has 1 amide bonds. The molecule has 31 heavy (non-hydrogen) atoms. The van der Waals surface area contributed by atoms with Crippen molar-refractivity contribution in [1.82, 2.24) is 9.38 Å². The molecule has 3 heterocycles. The summed E-state index contributed by atoms with van der Waals surface area (Å²) in [6, 6.07) is 12.8. The van der Waals surface area contributed by atoms with Crippen molar-refractivity contribution in [3.63, 3.8) is 0 Å². The minimum atomic E-state index is -0.571. The third kappa shape index (κ3) is 4.36. The zero-order valence-electron chi connectivity index (χ0n) is 16.6. The number of benzene rings is 1. The number of aliphatic hydroxyl groups excluding tert-OH is 1. The Kier molecular flexibility index (Phi) is 6.13. The molecule has 1 aromatic carbocycles. The Morgan fingerprint density at radius 1 is 1.32 bits per heavy atom. The lowest BCUT2D eigenvalue weighted by Crippen LogP contribution is -2.12. The van der Waals surface area contributed by atoms with Crippen molar-refractivity contribution in [3.05, 3.63) is 70.3 Å². The van der Waals surface area contributed by atoms with Crippen LogP contribution in [0.3, 0.4) is 0 Å². The summed E-state index contributed by atoms with van der Waals surface area (Å²) in [6.07, 6.45) is 3.11. The van der Waals surface area contributed by atoms with Gasteiger partial charge in [0.05, 0.1) is 29.6 Å². The number of nitrogens with two attached hydrogens (primary N) is 1. The minimum absolute atomic E-state index is 0.0773. The highest BCUT2D eigenvalue weighted by atomic mass is 35.5. The van der Waals surface area contributed by atoms with Gasteiger partial charge in [-0.05, 0) is 25.1 Å². The highest BCUT2D eigenvalue weighted by Gasteiger charge is 2.21. The molecule has 9 heteroatoms. The van der Waals surface area contributed by atoms with Gasteiger partial charge in [-0.25, -0.2) is 4.98 Å². The first kappa shape index (κ1) is 21.2. The zero-order chi connectivity index (χ0) is 22.0. The molecule has 0 unspecified atom stereocenters. The van der Waals surface area contributed by atoms with E-state index < -0.39 is 5.91 Å². The van der Waals surface area contributed by atoms with E-state index >= 15 is 0 Å². The first-order valence-corrected chi connectivity index (χ1v) is 10.7. The maximum atomic E-state index is 12.1. The molecule has 0 spiro atoms. The Hall–Kier alpha value is -3.07. The first-order valence-electron chi connectivity index (χ1n) is 9.53. The summed E-state index contributed by atoms with van der Waals surface area (Å²) in [5.74, 6) is 0.414. The fourth-order valence-corrected chi connectivity index (χ4v) is 4.45. The van der Waals surface area contributed by atoms with Crippen molar-refractivity contribution in [2.45, 2.75) is 13.0 Å². The smallest absolute Gasteiger partial charge is 0.262 e. The van der Waals surface area contributed by atoms with E-state index in [1.54, 1.807) is 30.6 Å². The molecule has 0 aliphatic rings. The molecule has 160 valence electrons. The molecule has 0 radical (unpaired) electrons. The van der Waals surface area contributed by atoms with E-state index in [9.17, 15) is 4.79 Å². The highest BCUT2D eigenvalue weighted by molar-refractivity contribution is 7.17. The summed E-state index contributed by atoms with van der Waals surface area (Å²) in [5.41, 5.74) is 7.91. The number of hydrogen-bond donors (Lipinski definition) is 2. The van der Waals surface area contributed by atoms with Crippen molar-refractivity contribution in [3.8, 4) is 22.1 Å². The fourth-order valence-electron chi connectivity index (χ4n) is 3.21. The summed E-state index contributed by atoms with van der Waals surface area (Å²) in [6.45, 7) is 1.98. The van der Waals surface area contributed by atoms with E-state index in [1.807, 2.05) is 35.6 Å². The molecule has 0 aliphatic heterocycles. The number of pyridine rings is 1. The van der Waals surface area contributed by atoms with Gasteiger partial charge in [0.2, 0.25) is 0 Å². The SMILES string of the molecule is C[C@@H](Oc1cc(-c2cnc3ccc(OCCO)cn23)sc1C(N)=O)c1ccccc1Cl. The Morgan fingerprint density at radius 3 is 2.87 bits per heavy atom. The van der Waals surface area contributed by atoms with Gasteiger partial charge in [0.25, 0.3) is 5.91 Å². The van der Waals surface area contributed by atoms with Gasteiger partial charge in [-0.3, -0.25) is 9.20 Å². The number of aromatic nitrogens is 2. The van der Waals surface area contributed by atoms with Crippen molar-refractivity contribution in [1.29, 1.82) is 0 Å². The van der Waals surface area contributed by atoms with Gasteiger partial charge >= 0.3 is 0 Å². The molecule has 4 rings (SSSR count). The summed E-state index contributed by atoms with van der Waals surface area (Å²) < 4.78 is 13.4. The number of amides is 1. The summed E-state index contributed by atoms with van der Waals surface area (Å²) in [4.78, 5) is 17.6. The fraction of sp³-hybridized carbons (Fsp3) is 0.182. The van der Waals surface area contributed by atoms with Gasteiger partial charge < -0.3 is 20.3 Å². The van der Waals surface area contributed by atoms with Crippen LogP contribution in [0.5, 0.6) is 11.5 Å². The topological polar surface area (TPSA) is 99.1 Å². The van der Waals surface area contributed by atoms with E-state index in [1.165, 1.54) is 11.3 Å². The molecule has 0 fully saturated rings. The summed E-state index contributed by atoms with van der Waals surface area (Å²) in [5, 5.41) is 9.57. The van der Waals surface area contributed by atoms with Gasteiger partial charge in [-0.15, -0.1) is 11.3 Å². The van der Waals surface area contributed by atoms with Gasteiger partial charge in [0.15, 0.2) is 0 Å². The van der Waals surface area contributed by atoms with Crippen molar-refractivity contribution >= 4 is 34.5 Å². The number of thiophene rings is 1. The lowest BCUT2D eigenvalue weighted by atomic mass is 10.1. The maximum Gasteiger partial charge on any atom is 0.262 e. The second-order valence-electron chi connectivity index (χ2n) is 6.76. The second kappa shape index (κ2) is 8.97. The van der Waals surface area contributed by atoms with E-state index in [-0.39, 0.29) is 19.3 Å². The van der Waals surface area contributed by atoms with Crippen LogP contribution in [0.25, 0.3) is 16.2 Å². The van der Waals surface area contributed by atoms with Crippen LogP contribution in [0.2, 0.25) is 5.02 Å². The Morgan fingerprint density at radius 2 is 2.13 bits per heavy atom. The predicted octanol–water partition coefficient (Wildman–Crippen LogP) is 4.33. The average molecular weight is 458 g/mol. The molecule has 4 aromatic rings. The van der Waals surface area contributed by atoms with Crippen LogP contribution < -0.4 is 15.2 Å². The average Bonchev–Trinajstić information content (AvgIpc) is 3.36. The molecule has 1 atom stereocenters. The number of rotatable bonds is 8. The lowest BCUT2D eigenvalue weighted by Gasteiger charge is -2.16. The number of halogens is 1. The lowest BCUT2D eigenvalue weighted by molar-refractivity contribution is 0.0998. The number of primary amides is 1. The minimum Gasteiger partial charge on any atom is -0.490 e. The van der Waals surface area contributed by atoms with E-state index in [0.29, 0.717) is 27.0 Å². The second-order valence-corrected chi connectivity index (χ2v) is 8.22. The maximum absolute atomic E-state index is 12.1. The van der Waals surface area contributed by atoms with Crippen LogP contribution in [-0.2, 0) is 0 Å². The summed E-state index contributed by atoms with van der Waals surface area (Å²) in [7, 11) is 0. The van der Waals surface area contributed by atoms with Crippen LogP contribution in [0, 0.1) is 0 Å². The normalized spacial score (nSPS) is 12.1. The van der Waals surface area contributed by atoms with Crippen LogP contribution in [0.4, 0.5) is 0 Å². The standard InChI is InChI=1S/C22H20ClN3O4S/c1-13(15-4-2-3-5-16(15)23)30-18-10-19(31-21(18)22(24)28)17-11-25-20-7-6-14(12-26(17)20)29-9-8-27/h2-7,10-13,27H,8-9H2,1H3,(H2,24,28)/t13-/m1/s1. The molecule has 7 nitrogen and oxygen atoms in total. The van der Waals surface area contributed by atoms with Gasteiger partial charge in [-0.2, -0.15) is 0 Å². The van der Waals surface area contributed by atoms with E-state index in [2.05, 4.69) is 4.98 Å². The molecule has 0 saturated heterocycles. The largest absolute Gasteiger partial charge is 0.490 e. The molecule has 3 N–H and O–H groups in total. The Balaban J connectivity index is 1.70. The van der Waals surface area contributed by atoms with Crippen molar-refractivity contribution in [2.75, 3.05) is 13.2 Å². The molecular formula is C22H20ClN3O4S. The number of hydrogen-bond acceptors (Lipinski definition) is 6. The van der Waals surface area contributed by atoms with Crippen LogP contribution in [0.15, 0.2) is 54.9 Å². The number of carbonyl (C=O) groups excluding carboxylic acids is 1. The van der Waals surface area contributed by atoms with Crippen LogP contribution in [0.1, 0.15) is 28.3 Å². The third-order valence-corrected chi connectivity index (χ3v) is 6.16. The molecule has 0 saturated carbocycles. The van der Waals surface area contributed by atoms with Crippen LogP contribution in [-0.4, -0.2) is 33.6 Å². The van der Waals surface area contributed by atoms with E-state index in [4.69, 9.17) is 31.9 Å². The molecule has 3 aromatic heterocycles. The number of aliphatic hydroxyl groups is 1. The number of nitrogens with zero attached hydrogens (tertiary/aromatic N) is 2. The van der Waals surface area contributed by atoms with Gasteiger partial charge in [0, 0.05) is 16.7 Å². The quantitative estimate of drug-likeness (QED) is 0.410. The van der Waals surface area contributed by atoms with Gasteiger partial charge in [0.1, 0.15) is 34.7 Å². The number of ether oxygens (including phenoxy) is 2. The Labute approximate surface area is 187 Å². The zero-order valence-corrected chi connectivity index (χ0v) is 18.2. The first-order chi connectivity index (χ1) is 15.0.